The van der Waals surface area contributed by atoms with Crippen molar-refractivity contribution < 1.29 is 9.90 Å². The quantitative estimate of drug-likeness (QED) is 0.690. The van der Waals surface area contributed by atoms with Gasteiger partial charge in [0.25, 0.3) is 0 Å². The van der Waals surface area contributed by atoms with Gasteiger partial charge in [-0.1, -0.05) is 27.7 Å². The average molecular weight is 187 g/mol. The molecule has 0 saturated carbocycles. The molecule has 1 unspecified atom stereocenters. The summed E-state index contributed by atoms with van der Waals surface area (Å²) < 4.78 is 0. The van der Waals surface area contributed by atoms with Crippen LogP contribution in [-0.4, -0.2) is 17.1 Å². The van der Waals surface area contributed by atoms with Gasteiger partial charge in [0.15, 0.2) is 0 Å². The first-order valence-corrected chi connectivity index (χ1v) is 4.73. The summed E-state index contributed by atoms with van der Waals surface area (Å²) in [5.74, 6) is -0.257. The summed E-state index contributed by atoms with van der Waals surface area (Å²) >= 11 is 0. The van der Waals surface area contributed by atoms with Gasteiger partial charge in [-0.15, -0.1) is 0 Å². The fourth-order valence-electron chi connectivity index (χ4n) is 1.35. The summed E-state index contributed by atoms with van der Waals surface area (Å²) in [6.45, 7) is 8.01. The van der Waals surface area contributed by atoms with Crippen LogP contribution >= 0.6 is 0 Å². The molecule has 0 radical (unpaired) electrons. The van der Waals surface area contributed by atoms with Crippen LogP contribution in [0.1, 0.15) is 40.5 Å². The molecule has 3 N–H and O–H groups in total. The largest absolute Gasteiger partial charge is 0.481 e. The molecule has 0 amide bonds. The molecule has 0 aliphatic heterocycles. The van der Waals surface area contributed by atoms with Gasteiger partial charge in [0.2, 0.25) is 0 Å². The topological polar surface area (TPSA) is 63.3 Å². The van der Waals surface area contributed by atoms with Crippen LogP contribution in [0.5, 0.6) is 0 Å². The summed E-state index contributed by atoms with van der Waals surface area (Å²) in [6, 6.07) is -0.0383. The van der Waals surface area contributed by atoms with Crippen molar-refractivity contribution in [2.24, 2.45) is 17.1 Å². The van der Waals surface area contributed by atoms with Gasteiger partial charge >= 0.3 is 5.97 Å². The van der Waals surface area contributed by atoms with Crippen LogP contribution in [0.3, 0.4) is 0 Å². The molecular weight excluding hydrogens is 166 g/mol. The zero-order valence-corrected chi connectivity index (χ0v) is 9.00. The molecule has 0 heterocycles. The van der Waals surface area contributed by atoms with E-state index in [1.807, 2.05) is 13.8 Å². The second-order valence-electron chi connectivity index (χ2n) is 4.80. The highest BCUT2D eigenvalue weighted by Gasteiger charge is 2.29. The van der Waals surface area contributed by atoms with Crippen LogP contribution in [0.4, 0.5) is 0 Å². The Morgan fingerprint density at radius 1 is 1.46 bits per heavy atom. The van der Waals surface area contributed by atoms with E-state index in [2.05, 4.69) is 13.8 Å². The van der Waals surface area contributed by atoms with Crippen LogP contribution in [0.15, 0.2) is 0 Å². The van der Waals surface area contributed by atoms with Gasteiger partial charge in [-0.3, -0.25) is 4.79 Å². The predicted octanol–water partition coefficient (Wildman–Crippen LogP) is 1.86. The molecule has 0 bridgehead atoms. The average Bonchev–Trinajstić information content (AvgIpc) is 1.81. The Hall–Kier alpha value is -0.570. The maximum absolute atomic E-state index is 10.5. The zero-order valence-electron chi connectivity index (χ0n) is 9.00. The molecule has 0 aliphatic rings. The standard InChI is InChI=1S/C10H21NO2/c1-7(2)5-8(11)10(3,4)6-9(12)13/h7-8H,5-6,11H2,1-4H3,(H,12,13). The van der Waals surface area contributed by atoms with E-state index in [9.17, 15) is 4.79 Å². The highest BCUT2D eigenvalue weighted by Crippen LogP contribution is 2.27. The number of aliphatic carboxylic acids is 1. The van der Waals surface area contributed by atoms with Crippen molar-refractivity contribution in [1.29, 1.82) is 0 Å². The minimum Gasteiger partial charge on any atom is -0.481 e. The molecule has 0 fully saturated rings. The molecule has 78 valence electrons. The van der Waals surface area contributed by atoms with Crippen molar-refractivity contribution in [3.63, 3.8) is 0 Å². The Kier molecular flexibility index (Phi) is 4.40. The monoisotopic (exact) mass is 187 g/mol. The lowest BCUT2D eigenvalue weighted by Crippen LogP contribution is -2.39. The second-order valence-corrected chi connectivity index (χ2v) is 4.80. The zero-order chi connectivity index (χ0) is 10.6. The molecular formula is C10H21NO2. The number of hydrogen-bond donors (Lipinski definition) is 2. The minimum absolute atomic E-state index is 0.0383. The minimum atomic E-state index is -0.774. The fourth-order valence-corrected chi connectivity index (χ4v) is 1.35. The van der Waals surface area contributed by atoms with E-state index < -0.39 is 5.97 Å². The van der Waals surface area contributed by atoms with E-state index in [-0.39, 0.29) is 17.9 Å². The SMILES string of the molecule is CC(C)CC(N)C(C)(C)CC(=O)O. The first-order chi connectivity index (χ1) is 5.75. The van der Waals surface area contributed by atoms with Crippen molar-refractivity contribution in [2.45, 2.75) is 46.6 Å². The summed E-state index contributed by atoms with van der Waals surface area (Å²) in [4.78, 5) is 10.5. The van der Waals surface area contributed by atoms with Crippen LogP contribution in [-0.2, 0) is 4.79 Å². The smallest absolute Gasteiger partial charge is 0.303 e. The summed E-state index contributed by atoms with van der Waals surface area (Å²) in [5.41, 5.74) is 5.63. The fraction of sp³-hybridized carbons (Fsp3) is 0.900. The Labute approximate surface area is 80.3 Å². The molecule has 0 spiro atoms. The summed E-state index contributed by atoms with van der Waals surface area (Å²) in [5, 5.41) is 8.68. The van der Waals surface area contributed by atoms with E-state index in [4.69, 9.17) is 10.8 Å². The van der Waals surface area contributed by atoms with Crippen molar-refractivity contribution in [2.75, 3.05) is 0 Å². The number of carboxylic acids is 1. The third-order valence-corrected chi connectivity index (χ3v) is 2.34. The van der Waals surface area contributed by atoms with Gasteiger partial charge < -0.3 is 10.8 Å². The lowest BCUT2D eigenvalue weighted by atomic mass is 9.78. The van der Waals surface area contributed by atoms with Gasteiger partial charge in [-0.05, 0) is 17.8 Å². The molecule has 0 aromatic rings. The molecule has 0 aromatic heterocycles. The lowest BCUT2D eigenvalue weighted by molar-refractivity contribution is -0.139. The van der Waals surface area contributed by atoms with Crippen molar-refractivity contribution in [3.05, 3.63) is 0 Å². The molecule has 0 aliphatic carbocycles. The number of nitrogens with two attached hydrogens (primary N) is 1. The van der Waals surface area contributed by atoms with E-state index >= 15 is 0 Å². The molecule has 0 aromatic carbocycles. The predicted molar refractivity (Wildman–Crippen MR) is 53.5 cm³/mol. The van der Waals surface area contributed by atoms with Gasteiger partial charge in [0.1, 0.15) is 0 Å². The van der Waals surface area contributed by atoms with Crippen molar-refractivity contribution >= 4 is 5.97 Å². The van der Waals surface area contributed by atoms with Crippen molar-refractivity contribution in [1.82, 2.24) is 0 Å². The molecule has 0 rings (SSSR count). The molecule has 3 nitrogen and oxygen atoms in total. The highest BCUT2D eigenvalue weighted by molar-refractivity contribution is 5.67. The summed E-state index contributed by atoms with van der Waals surface area (Å²) in [7, 11) is 0. The maximum Gasteiger partial charge on any atom is 0.303 e. The van der Waals surface area contributed by atoms with Gasteiger partial charge in [-0.25, -0.2) is 0 Å². The molecule has 1 atom stereocenters. The Bertz CT molecular complexity index is 176. The van der Waals surface area contributed by atoms with Gasteiger partial charge in [0.05, 0.1) is 6.42 Å². The van der Waals surface area contributed by atoms with Crippen LogP contribution in [0, 0.1) is 11.3 Å². The van der Waals surface area contributed by atoms with Crippen LogP contribution in [0.2, 0.25) is 0 Å². The normalized spacial score (nSPS) is 14.6. The third-order valence-electron chi connectivity index (χ3n) is 2.34. The molecule has 3 heteroatoms. The number of rotatable bonds is 5. The maximum atomic E-state index is 10.5. The van der Waals surface area contributed by atoms with E-state index in [1.54, 1.807) is 0 Å². The Morgan fingerprint density at radius 3 is 2.23 bits per heavy atom. The first kappa shape index (κ1) is 12.4. The number of carbonyl (C=O) groups is 1. The van der Waals surface area contributed by atoms with Crippen LogP contribution in [0.25, 0.3) is 0 Å². The second kappa shape index (κ2) is 4.61. The molecule has 0 saturated heterocycles. The van der Waals surface area contributed by atoms with Crippen molar-refractivity contribution in [3.8, 4) is 0 Å². The van der Waals surface area contributed by atoms with E-state index in [0.717, 1.165) is 6.42 Å². The van der Waals surface area contributed by atoms with E-state index in [1.165, 1.54) is 0 Å². The van der Waals surface area contributed by atoms with Crippen LogP contribution < -0.4 is 5.73 Å². The number of hydrogen-bond acceptors (Lipinski definition) is 2. The summed E-state index contributed by atoms with van der Waals surface area (Å²) in [6.07, 6.45) is 1.02. The third kappa shape index (κ3) is 4.88. The highest BCUT2D eigenvalue weighted by atomic mass is 16.4. The van der Waals surface area contributed by atoms with Gasteiger partial charge in [-0.2, -0.15) is 0 Å². The first-order valence-electron chi connectivity index (χ1n) is 4.73. The lowest BCUT2D eigenvalue weighted by Gasteiger charge is -2.31. The van der Waals surface area contributed by atoms with E-state index in [0.29, 0.717) is 5.92 Å². The Balaban J connectivity index is 4.17. The Morgan fingerprint density at radius 2 is 1.92 bits per heavy atom. The molecule has 13 heavy (non-hydrogen) atoms. The number of carboxylic acid groups (broad SMARTS) is 1. The van der Waals surface area contributed by atoms with Gasteiger partial charge in [0, 0.05) is 6.04 Å².